The first-order valence-corrected chi connectivity index (χ1v) is 5.62. The van der Waals surface area contributed by atoms with Gasteiger partial charge >= 0.3 is 0 Å². The molecule has 0 saturated heterocycles. The van der Waals surface area contributed by atoms with Crippen LogP contribution in [0.2, 0.25) is 0 Å². The number of carbonyl (C=O) groups excluding carboxylic acids is 1. The summed E-state index contributed by atoms with van der Waals surface area (Å²) < 4.78 is 0.0549. The molecule has 0 aromatic heterocycles. The number of ketones is 1. The van der Waals surface area contributed by atoms with Crippen molar-refractivity contribution in [1.29, 1.82) is 0 Å². The van der Waals surface area contributed by atoms with Gasteiger partial charge in [-0.2, -0.15) is 0 Å². The molecule has 74 valence electrons. The number of hydrogen-bond donors (Lipinski definition) is 0. The van der Waals surface area contributed by atoms with E-state index in [0.29, 0.717) is 6.42 Å². The summed E-state index contributed by atoms with van der Waals surface area (Å²) in [6, 6.07) is 6.13. The first-order chi connectivity index (χ1) is 6.48. The number of fused-ring (bicyclic) bond motifs is 1. The average Bonchev–Trinajstić information content (AvgIpc) is 2.05. The third-order valence-corrected chi connectivity index (χ3v) is 3.68. The number of thioether (sulfide) groups is 1. The average molecular weight is 206 g/mol. The van der Waals surface area contributed by atoms with E-state index in [9.17, 15) is 4.79 Å². The van der Waals surface area contributed by atoms with Gasteiger partial charge in [-0.15, -0.1) is 11.8 Å². The molecule has 1 heterocycles. The summed E-state index contributed by atoms with van der Waals surface area (Å²) in [5.74, 6) is 0.285. The molecule has 1 aromatic rings. The maximum absolute atomic E-state index is 11.8. The number of rotatable bonds is 0. The van der Waals surface area contributed by atoms with Gasteiger partial charge < -0.3 is 0 Å². The lowest BCUT2D eigenvalue weighted by atomic mass is 9.98. The molecule has 0 unspecified atom stereocenters. The maximum atomic E-state index is 11.8. The van der Waals surface area contributed by atoms with Crippen molar-refractivity contribution < 1.29 is 4.79 Å². The fraction of sp³-hybridized carbons (Fsp3) is 0.417. The summed E-state index contributed by atoms with van der Waals surface area (Å²) in [5.41, 5.74) is 2.08. The van der Waals surface area contributed by atoms with Gasteiger partial charge in [-0.05, 0) is 32.9 Å². The summed E-state index contributed by atoms with van der Waals surface area (Å²) in [4.78, 5) is 13.0. The van der Waals surface area contributed by atoms with Crippen molar-refractivity contribution in [3.05, 3.63) is 29.3 Å². The van der Waals surface area contributed by atoms with Gasteiger partial charge in [-0.3, -0.25) is 4.79 Å². The zero-order chi connectivity index (χ0) is 10.3. The fourth-order valence-corrected chi connectivity index (χ4v) is 2.98. The highest BCUT2D eigenvalue weighted by atomic mass is 32.2. The molecule has 0 aliphatic carbocycles. The molecular formula is C12H14OS. The Kier molecular flexibility index (Phi) is 2.18. The third kappa shape index (κ3) is 1.71. The summed E-state index contributed by atoms with van der Waals surface area (Å²) in [6.07, 6.45) is 0.647. The Morgan fingerprint density at radius 1 is 1.36 bits per heavy atom. The van der Waals surface area contributed by atoms with Crippen molar-refractivity contribution in [1.82, 2.24) is 0 Å². The Morgan fingerprint density at radius 3 is 2.79 bits per heavy atom. The molecule has 0 fully saturated rings. The molecule has 1 aliphatic rings. The highest BCUT2D eigenvalue weighted by Gasteiger charge is 2.31. The van der Waals surface area contributed by atoms with E-state index in [2.05, 4.69) is 26.0 Å². The van der Waals surface area contributed by atoms with Crippen molar-refractivity contribution >= 4 is 17.5 Å². The Morgan fingerprint density at radius 2 is 2.07 bits per heavy atom. The van der Waals surface area contributed by atoms with E-state index in [-0.39, 0.29) is 10.5 Å². The predicted octanol–water partition coefficient (Wildman–Crippen LogP) is 3.45. The summed E-state index contributed by atoms with van der Waals surface area (Å²) in [7, 11) is 0. The van der Waals surface area contributed by atoms with Crippen LogP contribution in [0.5, 0.6) is 0 Å². The Bertz CT molecular complexity index is 393. The van der Waals surface area contributed by atoms with Gasteiger partial charge in [0.25, 0.3) is 0 Å². The quantitative estimate of drug-likeness (QED) is 0.646. The first kappa shape index (κ1) is 9.78. The van der Waals surface area contributed by atoms with E-state index in [0.717, 1.165) is 16.0 Å². The van der Waals surface area contributed by atoms with Crippen LogP contribution >= 0.6 is 11.8 Å². The van der Waals surface area contributed by atoms with Gasteiger partial charge in [0.15, 0.2) is 5.78 Å². The fourth-order valence-electron chi connectivity index (χ4n) is 1.77. The minimum atomic E-state index is 0.0549. The monoisotopic (exact) mass is 206 g/mol. The summed E-state index contributed by atoms with van der Waals surface area (Å²) >= 11 is 1.81. The molecule has 1 nitrogen and oxygen atoms in total. The molecular weight excluding hydrogens is 192 g/mol. The standard InChI is InChI=1S/C12H14OS/c1-8-4-5-11-9(6-8)10(13)7-12(2,3)14-11/h4-6H,7H2,1-3H3. The van der Waals surface area contributed by atoms with Gasteiger partial charge in [0.05, 0.1) is 0 Å². The van der Waals surface area contributed by atoms with Crippen LogP contribution in [0.15, 0.2) is 23.1 Å². The van der Waals surface area contributed by atoms with E-state index in [1.807, 2.05) is 13.0 Å². The SMILES string of the molecule is Cc1ccc2c(c1)C(=O)CC(C)(C)S2. The van der Waals surface area contributed by atoms with Crippen molar-refractivity contribution in [3.63, 3.8) is 0 Å². The van der Waals surface area contributed by atoms with Crippen LogP contribution in [0.3, 0.4) is 0 Å². The minimum absolute atomic E-state index is 0.0549. The lowest BCUT2D eigenvalue weighted by Crippen LogP contribution is -2.25. The number of benzene rings is 1. The molecule has 0 saturated carbocycles. The molecule has 0 atom stereocenters. The molecule has 0 radical (unpaired) electrons. The molecule has 2 rings (SSSR count). The van der Waals surface area contributed by atoms with Gasteiger partial charge in [-0.25, -0.2) is 0 Å². The second-order valence-corrected chi connectivity index (χ2v) is 6.21. The normalized spacial score (nSPS) is 19.2. The van der Waals surface area contributed by atoms with Crippen LogP contribution in [0, 0.1) is 6.92 Å². The lowest BCUT2D eigenvalue weighted by Gasteiger charge is -2.29. The number of Topliss-reactive ketones (excluding diaryl/α,β-unsaturated/α-hetero) is 1. The van der Waals surface area contributed by atoms with Crippen molar-refractivity contribution in [2.24, 2.45) is 0 Å². The van der Waals surface area contributed by atoms with Crippen LogP contribution in [-0.4, -0.2) is 10.5 Å². The number of carbonyl (C=O) groups is 1. The minimum Gasteiger partial charge on any atom is -0.294 e. The molecule has 0 bridgehead atoms. The van der Waals surface area contributed by atoms with Crippen LogP contribution < -0.4 is 0 Å². The summed E-state index contributed by atoms with van der Waals surface area (Å²) in [5, 5.41) is 0. The molecule has 2 heteroatoms. The second-order valence-electron chi connectivity index (χ2n) is 4.46. The largest absolute Gasteiger partial charge is 0.294 e. The third-order valence-electron chi connectivity index (χ3n) is 2.41. The van der Waals surface area contributed by atoms with Gasteiger partial charge in [0, 0.05) is 21.6 Å². The molecule has 1 aliphatic heterocycles. The topological polar surface area (TPSA) is 17.1 Å². The zero-order valence-electron chi connectivity index (χ0n) is 8.76. The van der Waals surface area contributed by atoms with Crippen LogP contribution in [0.1, 0.15) is 36.2 Å². The zero-order valence-corrected chi connectivity index (χ0v) is 9.57. The maximum Gasteiger partial charge on any atom is 0.165 e. The van der Waals surface area contributed by atoms with Crippen LogP contribution in [0.4, 0.5) is 0 Å². The predicted molar refractivity (Wildman–Crippen MR) is 60.1 cm³/mol. The molecule has 0 N–H and O–H groups in total. The lowest BCUT2D eigenvalue weighted by molar-refractivity contribution is 0.0967. The van der Waals surface area contributed by atoms with Crippen molar-refractivity contribution in [2.75, 3.05) is 0 Å². The van der Waals surface area contributed by atoms with Crippen LogP contribution in [-0.2, 0) is 0 Å². The number of hydrogen-bond acceptors (Lipinski definition) is 2. The van der Waals surface area contributed by atoms with Gasteiger partial charge in [-0.1, -0.05) is 11.6 Å². The summed E-state index contributed by atoms with van der Waals surface area (Å²) in [6.45, 7) is 6.27. The van der Waals surface area contributed by atoms with Gasteiger partial charge in [0.1, 0.15) is 0 Å². The smallest absolute Gasteiger partial charge is 0.165 e. The Balaban J connectivity index is 2.50. The Hall–Kier alpha value is -0.760. The molecule has 0 spiro atoms. The van der Waals surface area contributed by atoms with E-state index < -0.39 is 0 Å². The molecule has 0 amide bonds. The van der Waals surface area contributed by atoms with E-state index in [4.69, 9.17) is 0 Å². The molecule has 14 heavy (non-hydrogen) atoms. The molecule has 1 aromatic carbocycles. The second kappa shape index (κ2) is 3.13. The van der Waals surface area contributed by atoms with Crippen LogP contribution in [0.25, 0.3) is 0 Å². The van der Waals surface area contributed by atoms with Crippen molar-refractivity contribution in [2.45, 2.75) is 36.8 Å². The van der Waals surface area contributed by atoms with Gasteiger partial charge in [0.2, 0.25) is 0 Å². The first-order valence-electron chi connectivity index (χ1n) is 4.81. The van der Waals surface area contributed by atoms with E-state index >= 15 is 0 Å². The van der Waals surface area contributed by atoms with Crippen molar-refractivity contribution in [3.8, 4) is 0 Å². The van der Waals surface area contributed by atoms with E-state index in [1.165, 1.54) is 0 Å². The van der Waals surface area contributed by atoms with E-state index in [1.54, 1.807) is 11.8 Å². The highest BCUT2D eigenvalue weighted by Crippen LogP contribution is 2.42. The number of aryl methyl sites for hydroxylation is 1. The Labute approximate surface area is 88.9 Å². The highest BCUT2D eigenvalue weighted by molar-refractivity contribution is 8.00.